The molecule has 1 aromatic heterocycles. The molecule has 2 rings (SSSR count). The van der Waals surface area contributed by atoms with Gasteiger partial charge in [-0.3, -0.25) is 9.88 Å². The smallest absolute Gasteiger partial charge is 0.0547 e. The van der Waals surface area contributed by atoms with Crippen molar-refractivity contribution in [3.8, 4) is 0 Å². The van der Waals surface area contributed by atoms with Crippen LogP contribution in [0.4, 0.5) is 0 Å². The van der Waals surface area contributed by atoms with E-state index < -0.39 is 0 Å². The molecule has 1 aliphatic carbocycles. The van der Waals surface area contributed by atoms with Crippen LogP contribution in [-0.4, -0.2) is 28.5 Å². The first-order valence-corrected chi connectivity index (χ1v) is 7.88. The van der Waals surface area contributed by atoms with E-state index in [0.717, 1.165) is 42.9 Å². The number of aryl methyl sites for hydroxylation is 1. The van der Waals surface area contributed by atoms with Crippen molar-refractivity contribution in [1.82, 2.24) is 9.88 Å². The third-order valence-corrected chi connectivity index (χ3v) is 4.96. The lowest BCUT2D eigenvalue weighted by molar-refractivity contribution is -0.0381. The Morgan fingerprint density at radius 3 is 2.60 bits per heavy atom. The highest BCUT2D eigenvalue weighted by Crippen LogP contribution is 2.45. The topological polar surface area (TPSA) is 42.2 Å². The van der Waals surface area contributed by atoms with Crippen LogP contribution in [0.2, 0.25) is 0 Å². The zero-order valence-corrected chi connectivity index (χ0v) is 13.4. The van der Waals surface area contributed by atoms with E-state index in [9.17, 15) is 0 Å². The average molecular weight is 275 g/mol. The van der Waals surface area contributed by atoms with E-state index >= 15 is 0 Å². The average Bonchev–Trinajstić information content (AvgIpc) is 2.36. The van der Waals surface area contributed by atoms with Gasteiger partial charge < -0.3 is 5.73 Å². The number of rotatable bonds is 6. The quantitative estimate of drug-likeness (QED) is 0.868. The lowest BCUT2D eigenvalue weighted by Gasteiger charge is -2.55. The first-order chi connectivity index (χ1) is 9.50. The molecule has 0 aliphatic heterocycles. The number of aromatic nitrogens is 1. The second-order valence-corrected chi connectivity index (χ2v) is 6.63. The third-order valence-electron chi connectivity index (χ3n) is 4.96. The largest absolute Gasteiger partial charge is 0.329 e. The summed E-state index contributed by atoms with van der Waals surface area (Å²) in [7, 11) is 0. The Morgan fingerprint density at radius 1 is 1.40 bits per heavy atom. The highest BCUT2D eigenvalue weighted by Gasteiger charge is 2.47. The van der Waals surface area contributed by atoms with Crippen molar-refractivity contribution < 1.29 is 0 Å². The molecule has 1 heterocycles. The molecule has 1 aromatic rings. The van der Waals surface area contributed by atoms with E-state index in [2.05, 4.69) is 55.8 Å². The minimum absolute atomic E-state index is 0.203. The molecule has 0 amide bonds. The number of nitrogens with zero attached hydrogens (tertiary/aromatic N) is 2. The molecule has 0 spiro atoms. The molecule has 1 fully saturated rings. The summed E-state index contributed by atoms with van der Waals surface area (Å²) in [6, 6.07) is 6.27. The molecule has 3 nitrogen and oxygen atoms in total. The number of nitrogens with two attached hydrogens (primary N) is 1. The summed E-state index contributed by atoms with van der Waals surface area (Å²) in [6.45, 7) is 11.6. The molecule has 3 heteroatoms. The second kappa shape index (κ2) is 6.23. The molecule has 112 valence electrons. The monoisotopic (exact) mass is 275 g/mol. The van der Waals surface area contributed by atoms with Gasteiger partial charge in [0.25, 0.3) is 0 Å². The van der Waals surface area contributed by atoms with Crippen LogP contribution < -0.4 is 5.73 Å². The van der Waals surface area contributed by atoms with Gasteiger partial charge in [0, 0.05) is 24.3 Å². The molecule has 0 atom stereocenters. The minimum atomic E-state index is 0.203. The van der Waals surface area contributed by atoms with Gasteiger partial charge in [0.05, 0.1) is 5.69 Å². The zero-order chi connectivity index (χ0) is 14.8. The maximum absolute atomic E-state index is 6.13. The Bertz CT molecular complexity index is 436. The Kier molecular flexibility index (Phi) is 4.82. The van der Waals surface area contributed by atoms with Crippen LogP contribution in [0.3, 0.4) is 0 Å². The van der Waals surface area contributed by atoms with Crippen LogP contribution >= 0.6 is 0 Å². The maximum Gasteiger partial charge on any atom is 0.0547 e. The van der Waals surface area contributed by atoms with Crippen molar-refractivity contribution in [3.63, 3.8) is 0 Å². The summed E-state index contributed by atoms with van der Waals surface area (Å²) >= 11 is 0. The molecule has 1 saturated carbocycles. The number of likely N-dealkylation sites (N-methyl/N-ethyl adjacent to an activating group) is 1. The van der Waals surface area contributed by atoms with Gasteiger partial charge in [-0.25, -0.2) is 0 Å². The van der Waals surface area contributed by atoms with Gasteiger partial charge >= 0.3 is 0 Å². The fourth-order valence-corrected chi connectivity index (χ4v) is 3.44. The summed E-state index contributed by atoms with van der Waals surface area (Å²) in [5, 5.41) is 0. The van der Waals surface area contributed by atoms with Crippen molar-refractivity contribution in [2.24, 2.45) is 17.6 Å². The zero-order valence-electron chi connectivity index (χ0n) is 13.4. The highest BCUT2D eigenvalue weighted by atomic mass is 15.2. The molecule has 1 aliphatic rings. The lowest BCUT2D eigenvalue weighted by Crippen LogP contribution is -2.62. The number of hydrogen-bond acceptors (Lipinski definition) is 3. The van der Waals surface area contributed by atoms with Crippen LogP contribution in [0.1, 0.15) is 45.0 Å². The molecule has 2 N–H and O–H groups in total. The first-order valence-electron chi connectivity index (χ1n) is 7.88. The Morgan fingerprint density at radius 2 is 2.10 bits per heavy atom. The second-order valence-electron chi connectivity index (χ2n) is 6.63. The Balaban J connectivity index is 2.07. The molecule has 0 bridgehead atoms. The third kappa shape index (κ3) is 3.04. The molecule has 0 unspecified atom stereocenters. The summed E-state index contributed by atoms with van der Waals surface area (Å²) < 4.78 is 0. The van der Waals surface area contributed by atoms with E-state index in [0.29, 0.717) is 0 Å². The molecular formula is C17H29N3. The molecule has 0 radical (unpaired) electrons. The standard InChI is InChI=1S/C17H29N3/c1-5-20(11-16-8-6-7-14(4)19-16)17(12-18)9-15(10-17)13(2)3/h6-8,13,15H,5,9-12,18H2,1-4H3. The molecular weight excluding hydrogens is 246 g/mol. The van der Waals surface area contributed by atoms with Gasteiger partial charge in [0.15, 0.2) is 0 Å². The van der Waals surface area contributed by atoms with Gasteiger partial charge in [0.2, 0.25) is 0 Å². The van der Waals surface area contributed by atoms with Crippen molar-refractivity contribution in [2.75, 3.05) is 13.1 Å². The van der Waals surface area contributed by atoms with Gasteiger partial charge in [-0.2, -0.15) is 0 Å². The van der Waals surface area contributed by atoms with Gasteiger partial charge in [0.1, 0.15) is 0 Å². The van der Waals surface area contributed by atoms with E-state index in [-0.39, 0.29) is 5.54 Å². The van der Waals surface area contributed by atoms with Crippen molar-refractivity contribution in [2.45, 2.75) is 52.6 Å². The van der Waals surface area contributed by atoms with E-state index in [1.54, 1.807) is 0 Å². The fourth-order valence-electron chi connectivity index (χ4n) is 3.44. The predicted molar refractivity (Wildman–Crippen MR) is 84.4 cm³/mol. The Hall–Kier alpha value is -0.930. The highest BCUT2D eigenvalue weighted by molar-refractivity contribution is 5.12. The summed E-state index contributed by atoms with van der Waals surface area (Å²) in [6.07, 6.45) is 2.47. The summed E-state index contributed by atoms with van der Waals surface area (Å²) in [5.41, 5.74) is 8.58. The number of hydrogen-bond donors (Lipinski definition) is 1. The van der Waals surface area contributed by atoms with E-state index in [1.807, 2.05) is 0 Å². The minimum Gasteiger partial charge on any atom is -0.329 e. The lowest BCUT2D eigenvalue weighted by atomic mass is 9.63. The van der Waals surface area contributed by atoms with E-state index in [4.69, 9.17) is 5.73 Å². The van der Waals surface area contributed by atoms with Crippen molar-refractivity contribution in [3.05, 3.63) is 29.6 Å². The van der Waals surface area contributed by atoms with Gasteiger partial charge in [-0.15, -0.1) is 0 Å². The van der Waals surface area contributed by atoms with Crippen molar-refractivity contribution in [1.29, 1.82) is 0 Å². The Labute approximate surface area is 123 Å². The molecule has 0 saturated heterocycles. The van der Waals surface area contributed by atoms with Crippen LogP contribution in [0.15, 0.2) is 18.2 Å². The first kappa shape index (κ1) is 15.5. The normalized spacial score (nSPS) is 26.1. The van der Waals surface area contributed by atoms with E-state index in [1.165, 1.54) is 12.8 Å². The fraction of sp³-hybridized carbons (Fsp3) is 0.706. The van der Waals surface area contributed by atoms with Crippen LogP contribution in [0, 0.1) is 18.8 Å². The predicted octanol–water partition coefficient (Wildman–Crippen LogP) is 2.98. The van der Waals surface area contributed by atoms with Crippen LogP contribution in [0.25, 0.3) is 0 Å². The maximum atomic E-state index is 6.13. The molecule has 0 aromatic carbocycles. The van der Waals surface area contributed by atoms with Gasteiger partial charge in [-0.1, -0.05) is 26.8 Å². The van der Waals surface area contributed by atoms with Crippen molar-refractivity contribution >= 4 is 0 Å². The summed E-state index contributed by atoms with van der Waals surface area (Å²) in [4.78, 5) is 7.17. The number of pyridine rings is 1. The van der Waals surface area contributed by atoms with Crippen LogP contribution in [0.5, 0.6) is 0 Å². The van der Waals surface area contributed by atoms with Crippen LogP contribution in [-0.2, 0) is 6.54 Å². The SMILES string of the molecule is CCN(Cc1cccc(C)n1)C1(CN)CC(C(C)C)C1. The summed E-state index contributed by atoms with van der Waals surface area (Å²) in [5.74, 6) is 1.60. The molecule has 20 heavy (non-hydrogen) atoms. The van der Waals surface area contributed by atoms with Gasteiger partial charge in [-0.05, 0) is 50.3 Å².